The van der Waals surface area contributed by atoms with Crippen molar-refractivity contribution in [2.45, 2.75) is 13.8 Å². The van der Waals surface area contributed by atoms with E-state index in [9.17, 15) is 5.26 Å². The molecule has 0 saturated carbocycles. The molecule has 0 heterocycles. The summed E-state index contributed by atoms with van der Waals surface area (Å²) in [4.78, 5) is 0.0687. The van der Waals surface area contributed by atoms with Crippen molar-refractivity contribution < 1.29 is 9.05 Å². The predicted octanol–water partition coefficient (Wildman–Crippen LogP) is 3.85. The maximum atomic E-state index is 9.20. The molecule has 0 unspecified atom stereocenters. The van der Waals surface area contributed by atoms with Gasteiger partial charge in [-0.25, -0.2) is 0 Å². The van der Waals surface area contributed by atoms with Gasteiger partial charge in [-0.1, -0.05) is 23.8 Å². The molecule has 0 bridgehead atoms. The van der Waals surface area contributed by atoms with Crippen LogP contribution in [-0.2, 0) is 20.9 Å². The summed E-state index contributed by atoms with van der Waals surface area (Å²) in [6, 6.07) is 8.76. The van der Waals surface area contributed by atoms with Gasteiger partial charge < -0.3 is 14.1 Å². The van der Waals surface area contributed by atoms with Crippen molar-refractivity contribution in [2.24, 2.45) is 5.10 Å². The van der Waals surface area contributed by atoms with Crippen LogP contribution >= 0.6 is 30.5 Å². The van der Waals surface area contributed by atoms with Gasteiger partial charge in [0.15, 0.2) is 5.71 Å². The summed E-state index contributed by atoms with van der Waals surface area (Å²) in [5, 5.41) is 16.6. The smallest absolute Gasteiger partial charge is 0.288 e. The van der Waals surface area contributed by atoms with Crippen LogP contribution in [0.4, 0.5) is 5.69 Å². The summed E-state index contributed by atoms with van der Waals surface area (Å²) in [6.45, 7) is 1.56. The summed E-state index contributed by atoms with van der Waals surface area (Å²) >= 11 is 16.3. The molecule has 0 amide bonds. The van der Waals surface area contributed by atoms with Crippen LogP contribution in [-0.4, -0.2) is 23.9 Å². The fourth-order valence-corrected chi connectivity index (χ4v) is 4.29. The molecule has 0 aliphatic rings. The maximum Gasteiger partial charge on any atom is 0.288 e. The highest BCUT2D eigenvalue weighted by atomic mass is 35.5. The number of hydrogen-bond acceptors (Lipinski definition) is 7. The van der Waals surface area contributed by atoms with E-state index in [1.54, 1.807) is 38.1 Å². The largest absolute Gasteiger partial charge is 0.314 e. The third-order valence-corrected chi connectivity index (χ3v) is 5.60. The second-order valence-corrected chi connectivity index (χ2v) is 7.99. The highest BCUT2D eigenvalue weighted by Gasteiger charge is 2.21. The van der Waals surface area contributed by atoms with E-state index in [0.717, 1.165) is 0 Å². The lowest BCUT2D eigenvalue weighted by atomic mass is 10.3. The molecule has 10 heteroatoms. The van der Waals surface area contributed by atoms with Gasteiger partial charge in [0.2, 0.25) is 0 Å². The van der Waals surface area contributed by atoms with Crippen molar-refractivity contribution in [2.75, 3.05) is 18.6 Å². The lowest BCUT2D eigenvalue weighted by molar-refractivity contribution is 0.263. The first-order valence-electron chi connectivity index (χ1n) is 6.65. The van der Waals surface area contributed by atoms with Gasteiger partial charge in [0.05, 0.1) is 18.9 Å². The lowest BCUT2D eigenvalue weighted by Crippen LogP contribution is -2.28. The van der Waals surface area contributed by atoms with Crippen LogP contribution in [0.15, 0.2) is 29.4 Å². The van der Waals surface area contributed by atoms with Gasteiger partial charge in [0.1, 0.15) is 11.1 Å². The van der Waals surface area contributed by atoms with Gasteiger partial charge in [0.25, 0.3) is 6.64 Å². The van der Waals surface area contributed by atoms with Gasteiger partial charge in [-0.15, -0.1) is 0 Å². The first kappa shape index (κ1) is 20.0. The summed E-state index contributed by atoms with van der Waals surface area (Å²) < 4.78 is 10.8. The Hall–Kier alpha value is -1.07. The second-order valence-electron chi connectivity index (χ2n) is 3.96. The van der Waals surface area contributed by atoms with Crippen molar-refractivity contribution in [3.8, 4) is 6.07 Å². The molecule has 0 saturated heterocycles. The monoisotopic (exact) mass is 390 g/mol. The molecular weight excluding hydrogens is 375 g/mol. The van der Waals surface area contributed by atoms with Crippen LogP contribution in [0.5, 0.6) is 0 Å². The topological polar surface area (TPSA) is 78.7 Å². The Balaban J connectivity index is 2.81. The third-order valence-electron chi connectivity index (χ3n) is 2.30. The Bertz CT molecular complexity index is 651. The van der Waals surface area contributed by atoms with Crippen molar-refractivity contribution in [1.82, 2.24) is 5.09 Å². The van der Waals surface area contributed by atoms with Crippen molar-refractivity contribution in [3.05, 3.63) is 29.3 Å². The van der Waals surface area contributed by atoms with Crippen LogP contribution in [0.1, 0.15) is 13.8 Å². The molecule has 0 spiro atoms. The molecule has 23 heavy (non-hydrogen) atoms. The summed E-state index contributed by atoms with van der Waals surface area (Å²) in [6.07, 6.45) is 0. The molecule has 0 atom stereocenters. The minimum absolute atomic E-state index is 0.0245. The molecule has 0 aliphatic heterocycles. The third kappa shape index (κ3) is 6.92. The number of hydrogen-bond donors (Lipinski definition) is 2. The normalized spacial score (nSPS) is 11.7. The Morgan fingerprint density at radius 1 is 1.30 bits per heavy atom. The van der Waals surface area contributed by atoms with E-state index in [1.807, 2.05) is 6.07 Å². The zero-order chi connectivity index (χ0) is 17.3. The molecule has 0 fully saturated rings. The van der Waals surface area contributed by atoms with E-state index in [4.69, 9.17) is 44.7 Å². The Kier molecular flexibility index (Phi) is 8.63. The van der Waals surface area contributed by atoms with E-state index in [1.165, 1.54) is 0 Å². The quantitative estimate of drug-likeness (QED) is 0.302. The number of nitrogens with one attached hydrogen (secondary N) is 2. The minimum atomic E-state index is -2.78. The highest BCUT2D eigenvalue weighted by molar-refractivity contribution is 8.09. The van der Waals surface area contributed by atoms with Crippen LogP contribution < -0.4 is 10.5 Å². The molecule has 1 aromatic carbocycles. The van der Waals surface area contributed by atoms with Crippen LogP contribution in [0.3, 0.4) is 0 Å². The number of halogens is 1. The molecule has 1 aromatic rings. The number of rotatable bonds is 8. The number of nitrogens with zero attached hydrogens (tertiary/aromatic N) is 2. The number of benzene rings is 1. The molecular formula is C13H16ClN4O2PS2. The highest BCUT2D eigenvalue weighted by Crippen LogP contribution is 2.43. The van der Waals surface area contributed by atoms with Crippen LogP contribution in [0.2, 0.25) is 5.02 Å². The van der Waals surface area contributed by atoms with Crippen molar-refractivity contribution in [1.29, 1.82) is 5.26 Å². The number of anilines is 1. The van der Waals surface area contributed by atoms with Gasteiger partial charge in [-0.05, 0) is 49.9 Å². The number of thiocarbonyl (C=S) groups is 1. The predicted molar refractivity (Wildman–Crippen MR) is 101 cm³/mol. The molecule has 0 radical (unpaired) electrons. The average Bonchev–Trinajstić information content (AvgIpc) is 2.50. The summed E-state index contributed by atoms with van der Waals surface area (Å²) in [7, 11) is 0. The van der Waals surface area contributed by atoms with Crippen molar-refractivity contribution in [3.63, 3.8) is 0 Å². The fraction of sp³-hybridized carbons (Fsp3) is 0.308. The average molecular weight is 391 g/mol. The SMILES string of the molecule is CCOP(=S)(NC(=S)/C(C#N)=N\Nc1ccc(Cl)cc1)OCC. The second kappa shape index (κ2) is 9.93. The first-order valence-corrected chi connectivity index (χ1v) is 10.1. The zero-order valence-corrected chi connectivity index (χ0v) is 15.9. The van der Waals surface area contributed by atoms with Crippen LogP contribution in [0.25, 0.3) is 0 Å². The minimum Gasteiger partial charge on any atom is -0.314 e. The molecule has 124 valence electrons. The van der Waals surface area contributed by atoms with E-state index in [0.29, 0.717) is 23.9 Å². The summed E-state index contributed by atoms with van der Waals surface area (Å²) in [5.74, 6) is 0. The molecule has 0 aromatic heterocycles. The molecule has 6 nitrogen and oxygen atoms in total. The zero-order valence-electron chi connectivity index (χ0n) is 12.6. The maximum absolute atomic E-state index is 9.20. The van der Waals surface area contributed by atoms with Crippen LogP contribution in [0, 0.1) is 11.3 Å². The molecule has 2 N–H and O–H groups in total. The molecule has 0 aliphatic carbocycles. The summed E-state index contributed by atoms with van der Waals surface area (Å²) in [5.41, 5.74) is 3.37. The lowest BCUT2D eigenvalue weighted by Gasteiger charge is -2.22. The standard InChI is InChI=1S/C13H16ClN4O2PS2/c1-3-19-21(23,20-4-2)18-13(22)12(9-15)17-16-11-7-5-10(14)6-8-11/h5-8,16H,3-4H2,1-2H3,(H,18,22,23)/b17-12-. The Morgan fingerprint density at radius 2 is 1.87 bits per heavy atom. The number of nitriles is 1. The molecule has 1 rings (SSSR count). The van der Waals surface area contributed by atoms with Gasteiger partial charge in [-0.3, -0.25) is 5.43 Å². The van der Waals surface area contributed by atoms with E-state index in [-0.39, 0.29) is 10.7 Å². The number of hydrazone groups is 1. The van der Waals surface area contributed by atoms with E-state index >= 15 is 0 Å². The van der Waals surface area contributed by atoms with Gasteiger partial charge in [-0.2, -0.15) is 10.4 Å². The van der Waals surface area contributed by atoms with Gasteiger partial charge in [0, 0.05) is 5.02 Å². The van der Waals surface area contributed by atoms with E-state index in [2.05, 4.69) is 15.6 Å². The fourth-order valence-electron chi connectivity index (χ4n) is 1.39. The first-order chi connectivity index (χ1) is 10.9. The Labute approximate surface area is 151 Å². The Morgan fingerprint density at radius 3 is 2.35 bits per heavy atom. The van der Waals surface area contributed by atoms with Crippen molar-refractivity contribution >= 4 is 58.7 Å². The van der Waals surface area contributed by atoms with E-state index < -0.39 is 6.64 Å². The van der Waals surface area contributed by atoms with Gasteiger partial charge >= 0.3 is 0 Å².